The fourth-order valence-electron chi connectivity index (χ4n) is 3.05. The lowest BCUT2D eigenvalue weighted by Gasteiger charge is -2.40. The van der Waals surface area contributed by atoms with Gasteiger partial charge in [-0.05, 0) is 51.6 Å². The molecule has 0 aliphatic carbocycles. The number of piperidine rings is 1. The Balaban J connectivity index is 2.21. The van der Waals surface area contributed by atoms with Gasteiger partial charge < -0.3 is 10.2 Å². The number of nitrogens with one attached hydrogen (secondary N) is 1. The number of aromatic nitrogens is 1. The Morgan fingerprint density at radius 3 is 2.95 bits per heavy atom. The van der Waals surface area contributed by atoms with Crippen LogP contribution in [-0.4, -0.2) is 24.1 Å². The molecule has 0 spiro atoms. The molecule has 2 atom stereocenters. The summed E-state index contributed by atoms with van der Waals surface area (Å²) in [6.07, 6.45) is 5.88. The van der Waals surface area contributed by atoms with E-state index in [2.05, 4.69) is 55.2 Å². The Morgan fingerprint density at radius 1 is 1.40 bits per heavy atom. The van der Waals surface area contributed by atoms with Crippen molar-refractivity contribution in [2.75, 3.05) is 18.0 Å². The minimum absolute atomic E-state index is 0.621. The highest BCUT2D eigenvalue weighted by Gasteiger charge is 2.26. The van der Waals surface area contributed by atoms with Crippen molar-refractivity contribution in [1.82, 2.24) is 10.3 Å². The van der Waals surface area contributed by atoms with Gasteiger partial charge in [-0.3, -0.25) is 4.98 Å². The smallest absolute Gasteiger partial charge is 0.0448 e. The van der Waals surface area contributed by atoms with E-state index in [-0.39, 0.29) is 0 Å². The third kappa shape index (κ3) is 3.51. The third-order valence-electron chi connectivity index (χ3n) is 4.52. The molecule has 1 aromatic heterocycles. The Kier molecular flexibility index (Phi) is 5.41. The molecule has 0 aromatic carbocycles. The second-order valence-corrected chi connectivity index (χ2v) is 6.18. The Bertz CT molecular complexity index is 430. The number of anilines is 1. The SMILES string of the molecule is CCCNCc1cnc(C)cc1N1CCCC(C)C1C. The summed E-state index contributed by atoms with van der Waals surface area (Å²) in [5.41, 5.74) is 3.84. The quantitative estimate of drug-likeness (QED) is 0.833. The zero-order valence-electron chi connectivity index (χ0n) is 13.4. The van der Waals surface area contributed by atoms with Crippen LogP contribution in [0.5, 0.6) is 0 Å². The van der Waals surface area contributed by atoms with Gasteiger partial charge >= 0.3 is 0 Å². The molecule has 0 saturated carbocycles. The Morgan fingerprint density at radius 2 is 2.20 bits per heavy atom. The largest absolute Gasteiger partial charge is 0.368 e. The maximum Gasteiger partial charge on any atom is 0.0448 e. The van der Waals surface area contributed by atoms with Gasteiger partial charge in [0, 0.05) is 42.3 Å². The topological polar surface area (TPSA) is 28.2 Å². The van der Waals surface area contributed by atoms with Crippen LogP contribution >= 0.6 is 0 Å². The molecular formula is C17H29N3. The van der Waals surface area contributed by atoms with E-state index in [1.807, 2.05) is 0 Å². The summed E-state index contributed by atoms with van der Waals surface area (Å²) in [5.74, 6) is 0.772. The lowest BCUT2D eigenvalue weighted by Crippen LogP contribution is -2.43. The molecule has 0 amide bonds. The van der Waals surface area contributed by atoms with E-state index in [4.69, 9.17) is 0 Å². The van der Waals surface area contributed by atoms with Crippen LogP contribution in [-0.2, 0) is 6.54 Å². The average molecular weight is 275 g/mol. The van der Waals surface area contributed by atoms with Crippen molar-refractivity contribution in [3.63, 3.8) is 0 Å². The van der Waals surface area contributed by atoms with E-state index in [1.165, 1.54) is 37.1 Å². The number of aryl methyl sites for hydroxylation is 1. The van der Waals surface area contributed by atoms with E-state index < -0.39 is 0 Å². The minimum Gasteiger partial charge on any atom is -0.368 e. The molecule has 3 nitrogen and oxygen atoms in total. The molecule has 1 N–H and O–H groups in total. The van der Waals surface area contributed by atoms with Crippen LogP contribution in [0.25, 0.3) is 0 Å². The van der Waals surface area contributed by atoms with Crippen molar-refractivity contribution in [3.8, 4) is 0 Å². The van der Waals surface area contributed by atoms with Crippen LogP contribution in [0.1, 0.15) is 51.3 Å². The molecule has 2 rings (SSSR count). The average Bonchev–Trinajstić information content (AvgIpc) is 2.44. The highest BCUT2D eigenvalue weighted by atomic mass is 15.2. The zero-order valence-corrected chi connectivity index (χ0v) is 13.4. The molecule has 1 aliphatic heterocycles. The first kappa shape index (κ1) is 15.3. The van der Waals surface area contributed by atoms with E-state index in [1.54, 1.807) is 0 Å². The van der Waals surface area contributed by atoms with Crippen LogP contribution in [0.4, 0.5) is 5.69 Å². The Labute approximate surface area is 123 Å². The summed E-state index contributed by atoms with van der Waals surface area (Å²) in [5, 5.41) is 3.51. The van der Waals surface area contributed by atoms with Gasteiger partial charge in [-0.25, -0.2) is 0 Å². The predicted molar refractivity (Wildman–Crippen MR) is 86.2 cm³/mol. The molecule has 1 saturated heterocycles. The molecule has 0 radical (unpaired) electrons. The molecule has 2 heterocycles. The van der Waals surface area contributed by atoms with Crippen molar-refractivity contribution in [2.45, 2.75) is 59.5 Å². The van der Waals surface area contributed by atoms with Crippen LogP contribution in [0, 0.1) is 12.8 Å². The summed E-state index contributed by atoms with van der Waals surface area (Å²) in [7, 11) is 0. The predicted octanol–water partition coefficient (Wildman–Crippen LogP) is 3.51. The third-order valence-corrected chi connectivity index (χ3v) is 4.52. The van der Waals surface area contributed by atoms with Crippen molar-refractivity contribution < 1.29 is 0 Å². The lowest BCUT2D eigenvalue weighted by molar-refractivity contribution is 0.363. The van der Waals surface area contributed by atoms with Gasteiger partial charge in [0.25, 0.3) is 0 Å². The van der Waals surface area contributed by atoms with Crippen LogP contribution in [0.3, 0.4) is 0 Å². The second kappa shape index (κ2) is 7.07. The van der Waals surface area contributed by atoms with Crippen molar-refractivity contribution in [3.05, 3.63) is 23.5 Å². The maximum atomic E-state index is 4.49. The first-order chi connectivity index (χ1) is 9.63. The molecule has 0 bridgehead atoms. The fourth-order valence-corrected chi connectivity index (χ4v) is 3.05. The van der Waals surface area contributed by atoms with Gasteiger partial charge in [-0.1, -0.05) is 13.8 Å². The fraction of sp³-hybridized carbons (Fsp3) is 0.706. The van der Waals surface area contributed by atoms with Crippen LogP contribution < -0.4 is 10.2 Å². The Hall–Kier alpha value is -1.09. The van der Waals surface area contributed by atoms with Gasteiger partial charge in [0.05, 0.1) is 0 Å². The molecular weight excluding hydrogens is 246 g/mol. The molecule has 1 aliphatic rings. The first-order valence-electron chi connectivity index (χ1n) is 8.06. The molecule has 2 unspecified atom stereocenters. The normalized spacial score (nSPS) is 23.1. The number of nitrogens with zero attached hydrogens (tertiary/aromatic N) is 2. The van der Waals surface area contributed by atoms with E-state index >= 15 is 0 Å². The minimum atomic E-state index is 0.621. The highest BCUT2D eigenvalue weighted by Crippen LogP contribution is 2.31. The summed E-state index contributed by atoms with van der Waals surface area (Å²) in [6.45, 7) is 12.2. The van der Waals surface area contributed by atoms with Crippen LogP contribution in [0.2, 0.25) is 0 Å². The molecule has 3 heteroatoms. The van der Waals surface area contributed by atoms with E-state index in [0.717, 1.165) is 24.7 Å². The first-order valence-corrected chi connectivity index (χ1v) is 8.06. The van der Waals surface area contributed by atoms with Gasteiger partial charge in [0.2, 0.25) is 0 Å². The summed E-state index contributed by atoms with van der Waals surface area (Å²) < 4.78 is 0. The standard InChI is InChI=1S/C17H29N3/c1-5-8-18-11-16-12-19-14(3)10-17(16)20-9-6-7-13(2)15(20)4/h10,12-13,15,18H,5-9,11H2,1-4H3. The number of hydrogen-bond donors (Lipinski definition) is 1. The van der Waals surface area contributed by atoms with Crippen molar-refractivity contribution >= 4 is 5.69 Å². The molecule has 1 aromatic rings. The second-order valence-electron chi connectivity index (χ2n) is 6.18. The summed E-state index contributed by atoms with van der Waals surface area (Å²) in [4.78, 5) is 7.08. The zero-order chi connectivity index (χ0) is 14.5. The van der Waals surface area contributed by atoms with Crippen LogP contribution in [0.15, 0.2) is 12.3 Å². The molecule has 1 fully saturated rings. The summed E-state index contributed by atoms with van der Waals surface area (Å²) in [6, 6.07) is 2.88. The maximum absolute atomic E-state index is 4.49. The molecule has 112 valence electrons. The van der Waals surface area contributed by atoms with Gasteiger partial charge in [0.1, 0.15) is 0 Å². The van der Waals surface area contributed by atoms with Crippen molar-refractivity contribution in [1.29, 1.82) is 0 Å². The summed E-state index contributed by atoms with van der Waals surface area (Å²) >= 11 is 0. The van der Waals surface area contributed by atoms with Crippen molar-refractivity contribution in [2.24, 2.45) is 5.92 Å². The highest BCUT2D eigenvalue weighted by molar-refractivity contribution is 5.54. The number of hydrogen-bond acceptors (Lipinski definition) is 3. The number of pyridine rings is 1. The van der Waals surface area contributed by atoms with E-state index in [9.17, 15) is 0 Å². The van der Waals surface area contributed by atoms with E-state index in [0.29, 0.717) is 6.04 Å². The van der Waals surface area contributed by atoms with Gasteiger partial charge in [-0.2, -0.15) is 0 Å². The van der Waals surface area contributed by atoms with Gasteiger partial charge in [-0.15, -0.1) is 0 Å². The lowest BCUT2D eigenvalue weighted by atomic mass is 9.91. The monoisotopic (exact) mass is 275 g/mol. The number of rotatable bonds is 5. The molecule has 20 heavy (non-hydrogen) atoms. The van der Waals surface area contributed by atoms with Gasteiger partial charge in [0.15, 0.2) is 0 Å².